The second kappa shape index (κ2) is 11.4. The van der Waals surface area contributed by atoms with Gasteiger partial charge in [0.15, 0.2) is 0 Å². The molecule has 6 rings (SSSR count). The molecule has 2 aliphatic heterocycles. The van der Waals surface area contributed by atoms with Crippen LogP contribution in [0.25, 0.3) is 10.8 Å². The van der Waals surface area contributed by atoms with Crippen LogP contribution in [-0.4, -0.2) is 80.7 Å². The number of carbonyl (C=O) groups is 1. The number of nitriles is 1. The largest absolute Gasteiger partial charge is 0.475 e. The average molecular weight is 551 g/mol. The normalized spacial score (nSPS) is 17.0. The maximum Gasteiger partial charge on any atom is 0.246 e. The van der Waals surface area contributed by atoms with Crippen LogP contribution in [0, 0.1) is 11.3 Å². The van der Waals surface area contributed by atoms with E-state index >= 15 is 0 Å². The van der Waals surface area contributed by atoms with Gasteiger partial charge in [-0.25, -0.2) is 4.98 Å². The summed E-state index contributed by atoms with van der Waals surface area (Å²) in [5.41, 5.74) is 6.24. The zero-order valence-electron chi connectivity index (χ0n) is 24.1. The standard InChI is InChI=1S/C33H38N6O2/c1-4-30(40)37-15-17-38(18-16-37)32-26-13-14-39(22-28(26)35-33(27(32)21-34)41-20-19-36(2)3)29-10-6-8-24-7-5-9-25(31(24)29)23-11-12-23/h4-10,23H,1,11-20,22H2,2-3H3. The number of anilines is 2. The highest BCUT2D eigenvalue weighted by Crippen LogP contribution is 2.46. The third kappa shape index (κ3) is 5.34. The first-order valence-corrected chi connectivity index (χ1v) is 14.6. The van der Waals surface area contributed by atoms with Gasteiger partial charge >= 0.3 is 0 Å². The van der Waals surface area contributed by atoms with Crippen LogP contribution in [0.4, 0.5) is 11.4 Å². The Morgan fingerprint density at radius 1 is 1.12 bits per heavy atom. The van der Waals surface area contributed by atoms with E-state index in [1.54, 1.807) is 0 Å². The van der Waals surface area contributed by atoms with Gasteiger partial charge < -0.3 is 24.3 Å². The van der Waals surface area contributed by atoms with E-state index in [1.807, 2.05) is 19.0 Å². The van der Waals surface area contributed by atoms with Crippen LogP contribution in [0.1, 0.15) is 41.1 Å². The van der Waals surface area contributed by atoms with Crippen molar-refractivity contribution in [2.24, 2.45) is 0 Å². The van der Waals surface area contributed by atoms with Gasteiger partial charge in [0.2, 0.25) is 11.8 Å². The number of piperazine rings is 1. The number of carbonyl (C=O) groups excluding carboxylic acids is 1. The number of benzene rings is 2. The van der Waals surface area contributed by atoms with Crippen LogP contribution >= 0.6 is 0 Å². The average Bonchev–Trinajstić information content (AvgIpc) is 3.85. The zero-order valence-corrected chi connectivity index (χ0v) is 24.1. The number of ether oxygens (including phenoxy) is 1. The second-order valence-corrected chi connectivity index (χ2v) is 11.5. The van der Waals surface area contributed by atoms with E-state index in [9.17, 15) is 10.1 Å². The van der Waals surface area contributed by atoms with E-state index in [0.717, 1.165) is 36.5 Å². The van der Waals surface area contributed by atoms with Crippen LogP contribution < -0.4 is 14.5 Å². The molecular formula is C33H38N6O2. The van der Waals surface area contributed by atoms with Crippen molar-refractivity contribution in [3.63, 3.8) is 0 Å². The van der Waals surface area contributed by atoms with E-state index in [-0.39, 0.29) is 5.91 Å². The van der Waals surface area contributed by atoms with E-state index in [2.05, 4.69) is 63.7 Å². The molecule has 212 valence electrons. The number of fused-ring (bicyclic) bond motifs is 2. The van der Waals surface area contributed by atoms with Crippen LogP contribution in [-0.2, 0) is 17.8 Å². The van der Waals surface area contributed by atoms with Gasteiger partial charge in [0.1, 0.15) is 18.2 Å². The number of nitrogens with zero attached hydrogens (tertiary/aromatic N) is 6. The molecule has 0 unspecified atom stereocenters. The quantitative estimate of drug-likeness (QED) is 0.387. The minimum Gasteiger partial charge on any atom is -0.475 e. The van der Waals surface area contributed by atoms with Gasteiger partial charge in [-0.3, -0.25) is 4.79 Å². The second-order valence-electron chi connectivity index (χ2n) is 11.5. The van der Waals surface area contributed by atoms with Crippen molar-refractivity contribution in [1.82, 2.24) is 14.8 Å². The lowest BCUT2D eigenvalue weighted by molar-refractivity contribution is -0.126. The first kappa shape index (κ1) is 27.1. The molecule has 8 nitrogen and oxygen atoms in total. The molecule has 0 radical (unpaired) electrons. The lowest BCUT2D eigenvalue weighted by Crippen LogP contribution is -2.49. The number of rotatable bonds is 8. The maximum absolute atomic E-state index is 12.2. The molecule has 3 aliphatic rings. The van der Waals surface area contributed by atoms with E-state index in [1.165, 1.54) is 40.9 Å². The molecule has 8 heteroatoms. The van der Waals surface area contributed by atoms with E-state index in [4.69, 9.17) is 9.72 Å². The van der Waals surface area contributed by atoms with Gasteiger partial charge in [0.25, 0.3) is 0 Å². The summed E-state index contributed by atoms with van der Waals surface area (Å²) in [6.07, 6.45) is 4.69. The fourth-order valence-corrected chi connectivity index (χ4v) is 6.25. The maximum atomic E-state index is 12.2. The van der Waals surface area contributed by atoms with Gasteiger partial charge in [-0.1, -0.05) is 36.9 Å². The summed E-state index contributed by atoms with van der Waals surface area (Å²) in [6, 6.07) is 15.7. The van der Waals surface area contributed by atoms with Gasteiger partial charge in [-0.15, -0.1) is 0 Å². The number of pyridine rings is 1. The van der Waals surface area contributed by atoms with Gasteiger partial charge in [0.05, 0.1) is 17.9 Å². The van der Waals surface area contributed by atoms with Crippen LogP contribution in [0.15, 0.2) is 49.1 Å². The molecule has 3 aromatic rings. The summed E-state index contributed by atoms with van der Waals surface area (Å²) in [4.78, 5) is 25.8. The molecule has 1 saturated carbocycles. The van der Waals surface area contributed by atoms with Gasteiger partial charge in [-0.05, 0) is 62.4 Å². The lowest BCUT2D eigenvalue weighted by Gasteiger charge is -2.39. The first-order valence-electron chi connectivity index (χ1n) is 14.6. The molecule has 1 aromatic heterocycles. The Hall–Kier alpha value is -4.09. The Labute approximate surface area is 242 Å². The SMILES string of the molecule is C=CC(=O)N1CCN(c2c(C#N)c(OCCN(C)C)nc3c2CCN(c2cccc4cccc(C5CC5)c24)C3)CC1. The highest BCUT2D eigenvalue weighted by Gasteiger charge is 2.32. The number of hydrogen-bond donors (Lipinski definition) is 0. The number of hydrogen-bond acceptors (Lipinski definition) is 7. The molecule has 2 fully saturated rings. The van der Waals surface area contributed by atoms with Crippen molar-refractivity contribution in [2.45, 2.75) is 31.7 Å². The monoisotopic (exact) mass is 550 g/mol. The third-order valence-corrected chi connectivity index (χ3v) is 8.54. The summed E-state index contributed by atoms with van der Waals surface area (Å²) < 4.78 is 6.18. The molecule has 0 atom stereocenters. The fraction of sp³-hybridized carbons (Fsp3) is 0.424. The summed E-state index contributed by atoms with van der Waals surface area (Å²) >= 11 is 0. The minimum absolute atomic E-state index is 0.0501. The summed E-state index contributed by atoms with van der Waals surface area (Å²) in [6.45, 7) is 8.82. The summed E-state index contributed by atoms with van der Waals surface area (Å²) in [7, 11) is 4.00. The van der Waals surface area contributed by atoms with Gasteiger partial charge in [0, 0.05) is 55.9 Å². The fourth-order valence-electron chi connectivity index (χ4n) is 6.25. The molecule has 0 spiro atoms. The summed E-state index contributed by atoms with van der Waals surface area (Å²) in [5, 5.41) is 13.0. The predicted molar refractivity (Wildman–Crippen MR) is 163 cm³/mol. The Morgan fingerprint density at radius 2 is 1.88 bits per heavy atom. The van der Waals surface area contributed by atoms with E-state index < -0.39 is 0 Å². The Balaban J connectivity index is 1.38. The summed E-state index contributed by atoms with van der Waals surface area (Å²) in [5.74, 6) is 1.01. The Bertz CT molecular complexity index is 1510. The third-order valence-electron chi connectivity index (χ3n) is 8.54. The van der Waals surface area contributed by atoms with Gasteiger partial charge in [-0.2, -0.15) is 5.26 Å². The zero-order chi connectivity index (χ0) is 28.5. The highest BCUT2D eigenvalue weighted by molar-refractivity contribution is 5.97. The molecule has 41 heavy (non-hydrogen) atoms. The van der Waals surface area contributed by atoms with Crippen molar-refractivity contribution in [3.05, 3.63) is 71.4 Å². The molecule has 1 amide bonds. The van der Waals surface area contributed by atoms with Crippen molar-refractivity contribution in [1.29, 1.82) is 5.26 Å². The van der Waals surface area contributed by atoms with Crippen LogP contribution in [0.3, 0.4) is 0 Å². The molecule has 1 aliphatic carbocycles. The first-order chi connectivity index (χ1) is 20.0. The molecule has 0 N–H and O–H groups in total. The molecule has 0 bridgehead atoms. The van der Waals surface area contributed by atoms with Crippen molar-refractivity contribution in [2.75, 3.05) is 69.8 Å². The van der Waals surface area contributed by atoms with Crippen molar-refractivity contribution < 1.29 is 9.53 Å². The molecule has 3 heterocycles. The predicted octanol–water partition coefficient (Wildman–Crippen LogP) is 4.32. The highest BCUT2D eigenvalue weighted by atomic mass is 16.5. The molecule has 1 saturated heterocycles. The Kier molecular flexibility index (Phi) is 7.55. The Morgan fingerprint density at radius 3 is 2.56 bits per heavy atom. The molecule has 2 aromatic carbocycles. The van der Waals surface area contributed by atoms with Crippen molar-refractivity contribution >= 4 is 28.1 Å². The van der Waals surface area contributed by atoms with E-state index in [0.29, 0.717) is 56.7 Å². The number of amides is 1. The van der Waals surface area contributed by atoms with Crippen LogP contribution in [0.2, 0.25) is 0 Å². The molecular weight excluding hydrogens is 512 g/mol. The minimum atomic E-state index is -0.0501. The topological polar surface area (TPSA) is 75.9 Å². The number of likely N-dealkylation sites (N-methyl/N-ethyl adjacent to an activating group) is 1. The lowest BCUT2D eigenvalue weighted by atomic mass is 9.95. The van der Waals surface area contributed by atoms with Crippen molar-refractivity contribution in [3.8, 4) is 11.9 Å². The number of aromatic nitrogens is 1. The smallest absolute Gasteiger partial charge is 0.246 e. The van der Waals surface area contributed by atoms with Crippen LogP contribution in [0.5, 0.6) is 5.88 Å².